The van der Waals surface area contributed by atoms with Gasteiger partial charge in [-0.15, -0.1) is 0 Å². The summed E-state index contributed by atoms with van der Waals surface area (Å²) in [5.41, 5.74) is 8.77. The Bertz CT molecular complexity index is 1500. The van der Waals surface area contributed by atoms with Crippen LogP contribution in [0.5, 0.6) is 0 Å². The van der Waals surface area contributed by atoms with E-state index in [0.717, 1.165) is 22.0 Å². The second kappa shape index (κ2) is 7.78. The number of pyridine rings is 1. The van der Waals surface area contributed by atoms with E-state index in [1.165, 1.54) is 17.0 Å². The minimum Gasteiger partial charge on any atom is -0.381 e. The molecule has 0 saturated heterocycles. The fraction of sp³-hybridized carbons (Fsp3) is 0.0455. The summed E-state index contributed by atoms with van der Waals surface area (Å²) in [5, 5.41) is 12.7. The molecule has 5 aromatic rings. The number of anilines is 4. The second-order valence-electron chi connectivity index (χ2n) is 7.13. The van der Waals surface area contributed by atoms with Crippen LogP contribution in [0.1, 0.15) is 16.1 Å². The van der Waals surface area contributed by atoms with Gasteiger partial charge in [0.2, 0.25) is 0 Å². The van der Waals surface area contributed by atoms with Crippen LogP contribution in [0.3, 0.4) is 0 Å². The number of hydrogen-bond acceptors (Lipinski definition) is 7. The molecule has 5 rings (SSSR count). The predicted octanol–water partition coefficient (Wildman–Crippen LogP) is 4.21. The lowest BCUT2D eigenvalue weighted by Crippen LogP contribution is -2.16. The molecule has 0 saturated carbocycles. The first-order valence-electron chi connectivity index (χ1n) is 9.68. The van der Waals surface area contributed by atoms with Gasteiger partial charge in [0.1, 0.15) is 12.1 Å². The Labute approximate surface area is 187 Å². The monoisotopic (exact) mass is 444 g/mol. The van der Waals surface area contributed by atoms with E-state index in [0.29, 0.717) is 22.2 Å². The second-order valence-corrected chi connectivity index (χ2v) is 7.56. The molecule has 32 heavy (non-hydrogen) atoms. The van der Waals surface area contributed by atoms with Gasteiger partial charge in [-0.3, -0.25) is 4.79 Å². The number of imidazole rings is 1. The normalized spacial score (nSPS) is 11.1. The number of nitrogens with zero attached hydrogens (tertiary/aromatic N) is 5. The fourth-order valence-corrected chi connectivity index (χ4v) is 3.69. The Morgan fingerprint density at radius 3 is 2.81 bits per heavy atom. The van der Waals surface area contributed by atoms with E-state index in [1.807, 2.05) is 43.3 Å². The van der Waals surface area contributed by atoms with Crippen molar-refractivity contribution in [2.75, 3.05) is 16.4 Å². The van der Waals surface area contributed by atoms with Crippen LogP contribution < -0.4 is 16.4 Å². The van der Waals surface area contributed by atoms with Crippen LogP contribution in [-0.2, 0) is 0 Å². The summed E-state index contributed by atoms with van der Waals surface area (Å²) in [6.07, 6.45) is 4.39. The lowest BCUT2D eigenvalue weighted by Gasteiger charge is -2.14. The number of aromatic nitrogens is 5. The number of aryl methyl sites for hydroxylation is 1. The first kappa shape index (κ1) is 19.7. The van der Waals surface area contributed by atoms with E-state index < -0.39 is 0 Å². The summed E-state index contributed by atoms with van der Waals surface area (Å²) in [7, 11) is 0. The van der Waals surface area contributed by atoms with E-state index in [1.54, 1.807) is 12.3 Å². The third-order valence-electron chi connectivity index (χ3n) is 5.04. The van der Waals surface area contributed by atoms with Crippen molar-refractivity contribution in [3.05, 3.63) is 77.5 Å². The minimum atomic E-state index is -0.368. The van der Waals surface area contributed by atoms with Crippen molar-refractivity contribution in [1.29, 1.82) is 0 Å². The van der Waals surface area contributed by atoms with Gasteiger partial charge in [-0.1, -0.05) is 29.8 Å². The third-order valence-corrected chi connectivity index (χ3v) is 5.28. The maximum absolute atomic E-state index is 13.1. The summed E-state index contributed by atoms with van der Waals surface area (Å²) in [6.45, 7) is 1.92. The molecule has 0 spiro atoms. The first-order chi connectivity index (χ1) is 15.5. The molecular weight excluding hydrogens is 428 g/mol. The predicted molar refractivity (Wildman–Crippen MR) is 124 cm³/mol. The zero-order valence-electron chi connectivity index (χ0n) is 16.9. The van der Waals surface area contributed by atoms with Crippen LogP contribution >= 0.6 is 11.6 Å². The van der Waals surface area contributed by atoms with Crippen LogP contribution in [0.15, 0.2) is 61.2 Å². The summed E-state index contributed by atoms with van der Waals surface area (Å²) in [4.78, 5) is 25.6. The van der Waals surface area contributed by atoms with Crippen LogP contribution in [0, 0.1) is 6.92 Å². The molecule has 0 aliphatic rings. The van der Waals surface area contributed by atoms with Crippen LogP contribution in [-0.4, -0.2) is 30.5 Å². The van der Waals surface area contributed by atoms with Crippen molar-refractivity contribution in [2.24, 2.45) is 0 Å². The van der Waals surface area contributed by atoms with Gasteiger partial charge in [0.05, 0.1) is 11.9 Å². The van der Waals surface area contributed by atoms with Gasteiger partial charge < -0.3 is 16.4 Å². The highest BCUT2D eigenvalue weighted by Crippen LogP contribution is 2.32. The molecular formula is C22H17ClN8O. The van der Waals surface area contributed by atoms with Gasteiger partial charge in [0, 0.05) is 27.7 Å². The maximum Gasteiger partial charge on any atom is 0.276 e. The Hall–Kier alpha value is -4.24. The van der Waals surface area contributed by atoms with E-state index in [4.69, 9.17) is 17.3 Å². The van der Waals surface area contributed by atoms with Crippen molar-refractivity contribution >= 4 is 56.9 Å². The summed E-state index contributed by atoms with van der Waals surface area (Å²) >= 11 is 6.10. The molecule has 0 radical (unpaired) electrons. The summed E-state index contributed by atoms with van der Waals surface area (Å²) < 4.78 is 1.37. The van der Waals surface area contributed by atoms with Crippen molar-refractivity contribution in [2.45, 2.75) is 6.92 Å². The van der Waals surface area contributed by atoms with Crippen molar-refractivity contribution < 1.29 is 4.79 Å². The van der Waals surface area contributed by atoms with Gasteiger partial charge in [0.15, 0.2) is 17.2 Å². The van der Waals surface area contributed by atoms with Crippen molar-refractivity contribution in [3.63, 3.8) is 0 Å². The molecule has 0 atom stereocenters. The van der Waals surface area contributed by atoms with Gasteiger partial charge in [-0.05, 0) is 36.8 Å². The van der Waals surface area contributed by atoms with E-state index in [2.05, 4.69) is 30.7 Å². The molecule has 3 aromatic heterocycles. The Balaban J connectivity index is 1.54. The highest BCUT2D eigenvalue weighted by molar-refractivity contribution is 6.30. The number of halogens is 1. The number of nitrogens with one attached hydrogen (secondary N) is 2. The maximum atomic E-state index is 13.1. The van der Waals surface area contributed by atoms with Crippen LogP contribution in [0.4, 0.5) is 23.0 Å². The van der Waals surface area contributed by atoms with Gasteiger partial charge in [-0.2, -0.15) is 5.10 Å². The lowest BCUT2D eigenvalue weighted by atomic mass is 10.1. The molecule has 4 N–H and O–H groups in total. The summed E-state index contributed by atoms with van der Waals surface area (Å²) in [6, 6.07) is 13.1. The molecule has 9 nitrogen and oxygen atoms in total. The molecule has 0 bridgehead atoms. The molecule has 0 fully saturated rings. The van der Waals surface area contributed by atoms with Crippen molar-refractivity contribution in [3.8, 4) is 0 Å². The van der Waals surface area contributed by atoms with Crippen LogP contribution in [0.25, 0.3) is 16.4 Å². The summed E-state index contributed by atoms with van der Waals surface area (Å²) in [5.74, 6) is 0.478. The number of benzene rings is 2. The number of carbonyl (C=O) groups excluding carboxylic acids is 1. The third kappa shape index (κ3) is 3.44. The molecule has 0 aliphatic heterocycles. The number of hydrogen-bond donors (Lipinski definition) is 3. The Kier molecular flexibility index (Phi) is 4.79. The van der Waals surface area contributed by atoms with Crippen LogP contribution in [0.2, 0.25) is 5.02 Å². The topological polar surface area (TPSA) is 123 Å². The quantitative estimate of drug-likeness (QED) is 0.379. The molecule has 0 unspecified atom stereocenters. The Morgan fingerprint density at radius 2 is 1.97 bits per heavy atom. The smallest absolute Gasteiger partial charge is 0.276 e. The van der Waals surface area contributed by atoms with E-state index in [-0.39, 0.29) is 17.4 Å². The number of amides is 1. The molecule has 2 aromatic carbocycles. The minimum absolute atomic E-state index is 0.197. The molecule has 3 heterocycles. The van der Waals surface area contributed by atoms with E-state index in [9.17, 15) is 4.79 Å². The SMILES string of the molecule is Cc1ccc2c(Nc3cccc(Cl)c3)nccc2c1NC(=O)c1cnc2c(N)ncnn12. The van der Waals surface area contributed by atoms with Gasteiger partial charge in [-0.25, -0.2) is 19.5 Å². The van der Waals surface area contributed by atoms with Gasteiger partial charge >= 0.3 is 0 Å². The highest BCUT2D eigenvalue weighted by Gasteiger charge is 2.18. The number of nitrogens with two attached hydrogens (primary N) is 1. The average Bonchev–Trinajstić information content (AvgIpc) is 3.22. The standard InChI is InChI=1S/C22H17ClN8O/c1-12-5-6-16-15(7-8-25-20(16)29-14-4-2-3-13(23)9-14)18(12)30-22(32)17-10-26-21-19(24)27-11-28-31(17)21/h2-11H,1H3,(H,25,29)(H,30,32)(H2,24,27,28). The van der Waals surface area contributed by atoms with Crippen molar-refractivity contribution in [1.82, 2.24) is 24.6 Å². The number of carbonyl (C=O) groups is 1. The number of rotatable bonds is 4. The largest absolute Gasteiger partial charge is 0.381 e. The lowest BCUT2D eigenvalue weighted by molar-refractivity contribution is 0.102. The average molecular weight is 445 g/mol. The number of fused-ring (bicyclic) bond motifs is 2. The zero-order valence-corrected chi connectivity index (χ0v) is 17.6. The highest BCUT2D eigenvalue weighted by atomic mass is 35.5. The Morgan fingerprint density at radius 1 is 1.09 bits per heavy atom. The molecule has 10 heteroatoms. The number of nitrogen functional groups attached to an aromatic ring is 1. The molecule has 0 aliphatic carbocycles. The molecule has 1 amide bonds. The first-order valence-corrected chi connectivity index (χ1v) is 10.1. The fourth-order valence-electron chi connectivity index (χ4n) is 3.50. The zero-order chi connectivity index (χ0) is 22.2. The molecule has 158 valence electrons. The van der Waals surface area contributed by atoms with Gasteiger partial charge in [0.25, 0.3) is 5.91 Å². The van der Waals surface area contributed by atoms with E-state index >= 15 is 0 Å².